The first kappa shape index (κ1) is 26.0. The highest BCUT2D eigenvalue weighted by Crippen LogP contribution is 2.26. The van der Waals surface area contributed by atoms with E-state index < -0.39 is 23.6 Å². The number of carbonyl (C=O) groups is 3. The molecule has 0 fully saturated rings. The second-order valence-electron chi connectivity index (χ2n) is 8.28. The minimum absolute atomic E-state index is 0.0978. The molecule has 8 heteroatoms. The number of carbonyl (C=O) groups excluding carboxylic acids is 3. The van der Waals surface area contributed by atoms with Gasteiger partial charge in [-0.3, -0.25) is 9.59 Å². The van der Waals surface area contributed by atoms with Gasteiger partial charge < -0.3 is 25.4 Å². The number of rotatable bonds is 10. The third kappa shape index (κ3) is 8.70. The Balaban J connectivity index is 3.14. The van der Waals surface area contributed by atoms with E-state index in [4.69, 9.17) is 4.74 Å². The molecule has 0 heterocycles. The average Bonchev–Trinajstić information content (AvgIpc) is 2.67. The van der Waals surface area contributed by atoms with E-state index in [1.165, 1.54) is 17.0 Å². The zero-order chi connectivity index (χ0) is 23.6. The number of alkyl carbamates (subject to hydrolysis) is 1. The summed E-state index contributed by atoms with van der Waals surface area (Å²) in [6, 6.07) is 3.83. The highest BCUT2D eigenvalue weighted by molar-refractivity contribution is 5.90. The minimum Gasteiger partial charge on any atom is -0.508 e. The number of phenols is 1. The van der Waals surface area contributed by atoms with Crippen LogP contribution in [0, 0.1) is 6.92 Å². The van der Waals surface area contributed by atoms with Crippen molar-refractivity contribution in [3.05, 3.63) is 42.0 Å². The van der Waals surface area contributed by atoms with Gasteiger partial charge in [0.1, 0.15) is 23.9 Å². The molecule has 0 saturated heterocycles. The van der Waals surface area contributed by atoms with Crippen LogP contribution in [0.25, 0.3) is 0 Å². The molecule has 1 aromatic carbocycles. The number of phenolic OH excluding ortho intramolecular Hbond substituents is 1. The zero-order valence-electron chi connectivity index (χ0n) is 19.2. The molecule has 1 rings (SSSR count). The molecule has 8 nitrogen and oxygen atoms in total. The predicted molar refractivity (Wildman–Crippen MR) is 120 cm³/mol. The number of nitrogens with one attached hydrogen (secondary N) is 2. The number of aromatic hydroxyl groups is 1. The standard InChI is InChI=1S/C23H35N3O5/c1-7-9-12-24-21(29)20(17-10-11-18(27)16(3)14-17)26(13-8-2)19(28)15-25-22(30)31-23(4,5)6/h8,10-11,14,20,27H,2,7,9,12-13,15H2,1,3-6H3,(H,24,29)(H,25,30). The molecule has 0 aliphatic heterocycles. The maximum absolute atomic E-state index is 13.0. The van der Waals surface area contributed by atoms with Gasteiger partial charge in [-0.25, -0.2) is 4.79 Å². The highest BCUT2D eigenvalue weighted by Gasteiger charge is 2.31. The number of ether oxygens (including phenoxy) is 1. The maximum Gasteiger partial charge on any atom is 0.408 e. The highest BCUT2D eigenvalue weighted by atomic mass is 16.6. The van der Waals surface area contributed by atoms with Crippen molar-refractivity contribution in [1.82, 2.24) is 15.5 Å². The summed E-state index contributed by atoms with van der Waals surface area (Å²) in [5.74, 6) is -0.708. The van der Waals surface area contributed by atoms with E-state index in [0.717, 1.165) is 12.8 Å². The first-order valence-electron chi connectivity index (χ1n) is 10.4. The second-order valence-corrected chi connectivity index (χ2v) is 8.28. The van der Waals surface area contributed by atoms with Crippen LogP contribution in [0.15, 0.2) is 30.9 Å². The molecule has 3 N–H and O–H groups in total. The van der Waals surface area contributed by atoms with Crippen molar-refractivity contribution in [3.8, 4) is 5.75 Å². The lowest BCUT2D eigenvalue weighted by atomic mass is 10.0. The number of benzene rings is 1. The number of amides is 3. The Morgan fingerprint density at radius 3 is 2.48 bits per heavy atom. The molecule has 1 aromatic rings. The van der Waals surface area contributed by atoms with Crippen LogP contribution in [0.3, 0.4) is 0 Å². The van der Waals surface area contributed by atoms with Crippen LogP contribution in [0.1, 0.15) is 57.7 Å². The van der Waals surface area contributed by atoms with Gasteiger partial charge in [-0.2, -0.15) is 0 Å². The molecule has 0 aromatic heterocycles. The number of hydrogen-bond donors (Lipinski definition) is 3. The Morgan fingerprint density at radius 1 is 1.26 bits per heavy atom. The van der Waals surface area contributed by atoms with Gasteiger partial charge >= 0.3 is 6.09 Å². The predicted octanol–water partition coefficient (Wildman–Crippen LogP) is 3.20. The fourth-order valence-corrected chi connectivity index (χ4v) is 2.86. The summed E-state index contributed by atoms with van der Waals surface area (Å²) < 4.78 is 5.17. The topological polar surface area (TPSA) is 108 Å². The van der Waals surface area contributed by atoms with Gasteiger partial charge in [-0.05, 0) is 57.4 Å². The van der Waals surface area contributed by atoms with Crippen LogP contribution < -0.4 is 10.6 Å². The quantitative estimate of drug-likeness (QED) is 0.388. The van der Waals surface area contributed by atoms with E-state index in [9.17, 15) is 19.5 Å². The second kappa shape index (κ2) is 12.0. The first-order chi connectivity index (χ1) is 14.5. The lowest BCUT2D eigenvalue weighted by Gasteiger charge is -2.31. The molecule has 3 amide bonds. The molecular weight excluding hydrogens is 398 g/mol. The van der Waals surface area contributed by atoms with E-state index in [2.05, 4.69) is 17.2 Å². The van der Waals surface area contributed by atoms with Gasteiger partial charge in [0.25, 0.3) is 0 Å². The van der Waals surface area contributed by atoms with Crippen molar-refractivity contribution in [2.75, 3.05) is 19.6 Å². The summed E-state index contributed by atoms with van der Waals surface area (Å²) in [7, 11) is 0. The Kier molecular flexibility index (Phi) is 10.0. The van der Waals surface area contributed by atoms with Crippen molar-refractivity contribution in [3.63, 3.8) is 0 Å². The maximum atomic E-state index is 13.0. The van der Waals surface area contributed by atoms with Crippen molar-refractivity contribution < 1.29 is 24.2 Å². The van der Waals surface area contributed by atoms with Crippen molar-refractivity contribution in [2.45, 2.75) is 59.1 Å². The van der Waals surface area contributed by atoms with Crippen molar-refractivity contribution in [2.24, 2.45) is 0 Å². The molecule has 0 spiro atoms. The lowest BCUT2D eigenvalue weighted by Crippen LogP contribution is -2.48. The molecule has 31 heavy (non-hydrogen) atoms. The summed E-state index contributed by atoms with van der Waals surface area (Å²) in [4.78, 5) is 39.3. The van der Waals surface area contributed by atoms with Gasteiger partial charge in [-0.1, -0.05) is 25.5 Å². The van der Waals surface area contributed by atoms with E-state index in [1.54, 1.807) is 39.8 Å². The molecule has 1 atom stereocenters. The number of nitrogens with zero attached hydrogens (tertiary/aromatic N) is 1. The van der Waals surface area contributed by atoms with Crippen molar-refractivity contribution in [1.29, 1.82) is 0 Å². The van der Waals surface area contributed by atoms with E-state index >= 15 is 0 Å². The molecule has 0 aliphatic carbocycles. The van der Waals surface area contributed by atoms with E-state index in [1.807, 2.05) is 6.92 Å². The largest absolute Gasteiger partial charge is 0.508 e. The molecule has 0 radical (unpaired) electrons. The van der Waals surface area contributed by atoms with E-state index in [0.29, 0.717) is 17.7 Å². The number of unbranched alkanes of at least 4 members (excludes halogenated alkanes) is 1. The summed E-state index contributed by atoms with van der Waals surface area (Å²) in [5.41, 5.74) is 0.442. The Hall–Kier alpha value is -3.03. The fourth-order valence-electron chi connectivity index (χ4n) is 2.86. The van der Waals surface area contributed by atoms with Crippen LogP contribution in [0.4, 0.5) is 4.79 Å². The average molecular weight is 434 g/mol. The van der Waals surface area contributed by atoms with Gasteiger partial charge in [0.15, 0.2) is 0 Å². The zero-order valence-corrected chi connectivity index (χ0v) is 19.2. The Bertz CT molecular complexity index is 786. The van der Waals surface area contributed by atoms with Crippen LogP contribution in [0.5, 0.6) is 5.75 Å². The number of aryl methyl sites for hydroxylation is 1. The van der Waals surface area contributed by atoms with Crippen molar-refractivity contribution >= 4 is 17.9 Å². The van der Waals surface area contributed by atoms with Gasteiger partial charge in [0.2, 0.25) is 11.8 Å². The SMILES string of the molecule is C=CCN(C(=O)CNC(=O)OC(C)(C)C)C(C(=O)NCCCC)c1ccc(O)c(C)c1. The molecule has 0 aliphatic rings. The normalized spacial score (nSPS) is 11.9. The number of hydrogen-bond acceptors (Lipinski definition) is 5. The smallest absolute Gasteiger partial charge is 0.408 e. The fraction of sp³-hybridized carbons (Fsp3) is 0.522. The first-order valence-corrected chi connectivity index (χ1v) is 10.4. The van der Waals surface area contributed by atoms with E-state index in [-0.39, 0.29) is 24.7 Å². The Morgan fingerprint density at radius 2 is 1.94 bits per heavy atom. The van der Waals surface area contributed by atoms with Gasteiger partial charge in [-0.15, -0.1) is 6.58 Å². The lowest BCUT2D eigenvalue weighted by molar-refractivity contribution is -0.139. The summed E-state index contributed by atoms with van der Waals surface area (Å²) in [6.07, 6.45) is 2.52. The summed E-state index contributed by atoms with van der Waals surface area (Å²) in [5, 5.41) is 15.2. The Labute approximate surface area is 184 Å². The molecule has 172 valence electrons. The minimum atomic E-state index is -0.943. The molecule has 0 bridgehead atoms. The van der Waals surface area contributed by atoms with Crippen LogP contribution in [-0.4, -0.2) is 53.1 Å². The third-order valence-corrected chi connectivity index (χ3v) is 4.36. The third-order valence-electron chi connectivity index (χ3n) is 4.36. The molecule has 1 unspecified atom stereocenters. The van der Waals surface area contributed by atoms with Crippen LogP contribution in [0.2, 0.25) is 0 Å². The molecule has 0 saturated carbocycles. The summed E-state index contributed by atoms with van der Waals surface area (Å²) in [6.45, 7) is 12.8. The monoisotopic (exact) mass is 433 g/mol. The van der Waals surface area contributed by atoms with Gasteiger partial charge in [0, 0.05) is 13.1 Å². The molecular formula is C23H35N3O5. The van der Waals surface area contributed by atoms with Gasteiger partial charge in [0.05, 0.1) is 0 Å². The van der Waals surface area contributed by atoms with Crippen LogP contribution >= 0.6 is 0 Å². The van der Waals surface area contributed by atoms with Crippen LogP contribution in [-0.2, 0) is 14.3 Å². The summed E-state index contributed by atoms with van der Waals surface area (Å²) >= 11 is 0.